The summed E-state index contributed by atoms with van der Waals surface area (Å²) in [6.45, 7) is 26.5. The predicted octanol–water partition coefficient (Wildman–Crippen LogP) is 21.8. The van der Waals surface area contributed by atoms with E-state index in [-0.39, 0.29) is 38.3 Å². The molecular formula is C110H153N5O20S. The minimum Gasteiger partial charge on any atom is -0.497 e. The van der Waals surface area contributed by atoms with Gasteiger partial charge in [0.05, 0.1) is 104 Å². The largest absolute Gasteiger partial charge is 0.497 e. The van der Waals surface area contributed by atoms with Gasteiger partial charge in [0.25, 0.3) is 0 Å². The highest BCUT2D eigenvalue weighted by atomic mass is 32.2. The van der Waals surface area contributed by atoms with Crippen molar-refractivity contribution in [3.05, 3.63) is 292 Å². The normalized spacial score (nSPS) is 10.1. The molecule has 136 heavy (non-hydrogen) atoms. The van der Waals surface area contributed by atoms with Crippen LogP contribution in [0, 0.1) is 0 Å². The fourth-order valence-electron chi connectivity index (χ4n) is 12.6. The zero-order valence-corrected chi connectivity index (χ0v) is 85.6. The maximum atomic E-state index is 11.2. The van der Waals surface area contributed by atoms with Crippen LogP contribution in [-0.2, 0) is 85.4 Å². The lowest BCUT2D eigenvalue weighted by atomic mass is 10.1. The van der Waals surface area contributed by atoms with Crippen LogP contribution in [0.4, 0.5) is 27.5 Å². The lowest BCUT2D eigenvalue weighted by molar-refractivity contribution is -0.114. The molecule has 0 saturated carbocycles. The Hall–Kier alpha value is -13.0. The highest BCUT2D eigenvalue weighted by Crippen LogP contribution is 2.40. The number of methoxy groups -OCH3 is 11. The SMILES string of the molecule is CCc1cc(OC)cc(OC)c1.CCc1ccc(N(CCO)CCO)cc1.CCc1ccc(NC(=O)NCCO)cc1.CCc1ccc(NC(C)=O)cc1.CCc1ccc(NS(C)(=O)=O)cc1.CCc1ccc(OC)c(OC)c1.CCc1ccc(OC)c(OC)c1OC.CCc1ccc(OC)cc1OC.CCc1ccc2c(c1)OCO2.CCc1cccc(OC)c1.CCc1ccccc1OC. The Kier molecular flexibility index (Phi) is 61.8. The third-order valence-electron chi connectivity index (χ3n) is 20.5. The maximum absolute atomic E-state index is 11.2. The Bertz CT molecular complexity index is 5010. The van der Waals surface area contributed by atoms with Gasteiger partial charge in [-0.15, -0.1) is 0 Å². The van der Waals surface area contributed by atoms with Crippen LogP contribution in [0.3, 0.4) is 0 Å². The van der Waals surface area contributed by atoms with Gasteiger partial charge in [-0.2, -0.15) is 0 Å². The summed E-state index contributed by atoms with van der Waals surface area (Å²) in [7, 11) is 15.0. The Morgan fingerprint density at radius 1 is 0.331 bits per heavy atom. The molecule has 26 heteroatoms. The first kappa shape index (κ1) is 119. The Morgan fingerprint density at radius 3 is 1.18 bits per heavy atom. The number of fused-ring (bicyclic) bond motifs is 1. The first-order valence-electron chi connectivity index (χ1n) is 45.9. The number of nitrogens with one attached hydrogen (secondary N) is 4. The minimum absolute atomic E-state index is 0.0285. The van der Waals surface area contributed by atoms with Crippen molar-refractivity contribution in [2.75, 3.05) is 151 Å². The number of amides is 3. The second-order valence-corrected chi connectivity index (χ2v) is 31.4. The first-order valence-corrected chi connectivity index (χ1v) is 47.8. The molecule has 0 radical (unpaired) electrons. The number of urea groups is 1. The molecular weight excluding hydrogens is 1740 g/mol. The second kappa shape index (κ2) is 70.6. The molecule has 7 N–H and O–H groups in total. The summed E-state index contributed by atoms with van der Waals surface area (Å²) in [5.41, 5.74) is 17.0. The Morgan fingerprint density at radius 2 is 0.743 bits per heavy atom. The molecule has 25 nitrogen and oxygen atoms in total. The molecule has 1 aliphatic rings. The van der Waals surface area contributed by atoms with E-state index < -0.39 is 10.0 Å². The number of ether oxygens (including phenoxy) is 13. The quantitative estimate of drug-likeness (QED) is 0.0201. The highest BCUT2D eigenvalue weighted by molar-refractivity contribution is 7.92. The summed E-state index contributed by atoms with van der Waals surface area (Å²) in [5.74, 6) is 10.8. The maximum Gasteiger partial charge on any atom is 0.319 e. The number of benzene rings is 11. The summed E-state index contributed by atoms with van der Waals surface area (Å²) in [6, 6.07) is 74.7. The number of hydrogen-bond acceptors (Lipinski definition) is 21. The van der Waals surface area contributed by atoms with Gasteiger partial charge in [0, 0.05) is 61.4 Å². The summed E-state index contributed by atoms with van der Waals surface area (Å²) < 4.78 is 91.2. The third kappa shape index (κ3) is 46.8. The average Bonchev–Trinajstić information content (AvgIpc) is 1.58. The van der Waals surface area contributed by atoms with E-state index in [1.54, 1.807) is 90.3 Å². The van der Waals surface area contributed by atoms with E-state index in [0.717, 1.165) is 163 Å². The number of hydrogen-bond donors (Lipinski definition) is 7. The smallest absolute Gasteiger partial charge is 0.319 e. The predicted molar refractivity (Wildman–Crippen MR) is 555 cm³/mol. The molecule has 0 bridgehead atoms. The Labute approximate surface area is 811 Å². The van der Waals surface area contributed by atoms with Crippen LogP contribution in [0.5, 0.6) is 74.7 Å². The number of carbonyl (C=O) groups is 2. The van der Waals surface area contributed by atoms with Crippen LogP contribution in [0.25, 0.3) is 0 Å². The molecule has 11 aromatic rings. The fraction of sp³-hybridized carbons (Fsp3) is 0.382. The first-order chi connectivity index (χ1) is 65.6. The second-order valence-electron chi connectivity index (χ2n) is 29.7. The number of nitrogens with zero attached hydrogens (tertiary/aromatic N) is 1. The molecule has 0 aromatic heterocycles. The molecule has 12 rings (SSSR count). The molecule has 0 atom stereocenters. The zero-order chi connectivity index (χ0) is 101. The molecule has 0 fully saturated rings. The van der Waals surface area contributed by atoms with Gasteiger partial charge < -0.3 is 97.7 Å². The lowest BCUT2D eigenvalue weighted by Crippen LogP contribution is -2.30. The van der Waals surface area contributed by atoms with Crippen LogP contribution >= 0.6 is 0 Å². The van der Waals surface area contributed by atoms with E-state index in [1.165, 1.54) is 62.6 Å². The molecule has 0 saturated heterocycles. The summed E-state index contributed by atoms with van der Waals surface area (Å²) in [5, 5.41) is 34.2. The van der Waals surface area contributed by atoms with Crippen molar-refractivity contribution in [1.82, 2.24) is 5.32 Å². The summed E-state index contributed by atoms with van der Waals surface area (Å²) in [4.78, 5) is 23.8. The van der Waals surface area contributed by atoms with E-state index in [0.29, 0.717) is 37.1 Å². The lowest BCUT2D eigenvalue weighted by Gasteiger charge is -2.23. The fourth-order valence-corrected chi connectivity index (χ4v) is 13.1. The highest BCUT2D eigenvalue weighted by Gasteiger charge is 2.16. The monoisotopic (exact) mass is 1900 g/mol. The number of anilines is 4. The van der Waals surface area contributed by atoms with Gasteiger partial charge >= 0.3 is 6.03 Å². The number of para-hydroxylation sites is 1. The summed E-state index contributed by atoms with van der Waals surface area (Å²) in [6.07, 6.45) is 12.2. The van der Waals surface area contributed by atoms with E-state index in [9.17, 15) is 18.0 Å². The number of carbonyl (C=O) groups excluding carboxylic acids is 2. The average molecular weight is 1900 g/mol. The number of sulfonamides is 1. The van der Waals surface area contributed by atoms with E-state index >= 15 is 0 Å². The molecule has 0 spiro atoms. The minimum atomic E-state index is -3.15. The van der Waals surface area contributed by atoms with Gasteiger partial charge in [0.15, 0.2) is 34.5 Å². The van der Waals surface area contributed by atoms with Crippen LogP contribution in [-0.4, -0.2) is 166 Å². The number of aryl methyl sites for hydroxylation is 11. The van der Waals surface area contributed by atoms with Gasteiger partial charge in [-0.05, 0) is 247 Å². The van der Waals surface area contributed by atoms with Crippen molar-refractivity contribution in [3.63, 3.8) is 0 Å². The molecule has 1 aliphatic heterocycles. The van der Waals surface area contributed by atoms with E-state index in [4.69, 9.17) is 76.9 Å². The van der Waals surface area contributed by atoms with Crippen molar-refractivity contribution in [1.29, 1.82) is 0 Å². The van der Waals surface area contributed by atoms with Crippen LogP contribution in [0.1, 0.15) is 144 Å². The number of aliphatic hydroxyl groups is 3. The molecule has 3 amide bonds. The van der Waals surface area contributed by atoms with Crippen LogP contribution in [0.15, 0.2) is 231 Å². The Balaban J connectivity index is 0.000000507. The van der Waals surface area contributed by atoms with Crippen molar-refractivity contribution >= 4 is 44.7 Å². The van der Waals surface area contributed by atoms with Gasteiger partial charge in [0.1, 0.15) is 34.5 Å². The summed E-state index contributed by atoms with van der Waals surface area (Å²) >= 11 is 0. The van der Waals surface area contributed by atoms with Gasteiger partial charge in [-0.3, -0.25) is 9.52 Å². The molecule has 0 unspecified atom stereocenters. The molecule has 1 heterocycles. The van der Waals surface area contributed by atoms with Gasteiger partial charge in [-0.1, -0.05) is 179 Å². The standard InChI is InChI=1S/C12H19NO2.C11H16N2O2.C11H16O3.C10H13NO.3C10H14O2.C9H13NO2S.C9H10O2.2C9H12O/c1-2-11-3-5-12(6-4-11)13(7-9-14)8-10-15;1-2-9-3-5-10(6-4-9)13-11(15)12-7-8-14;1-5-8-6-7-9(12-2)11(14-4)10(8)13-3;1-3-9-4-6-10(7-5-9)11-8(2)12;1-4-8-5-9(11-2)7-10(6-8)12-3;1-4-8-5-6-9(11-2)7-10(8)12-3;1-4-8-5-6-9(11-2)10(7-8)12-3;1-3-8-4-6-9(7-5-8)10-13(2,11)12;1-2-7-3-4-8-9(5-7)11-6-10-8;1-3-8-5-4-6-9(7-8)10-2;1-3-8-6-4-5-7-9(8)10-2/h3-6,14-15H,2,7-10H2,1H3;3-6,14H,2,7-8H2,1H3,(H2,12,13,15);6-7H,5H2,1-4H3;4-7H,3H2,1-2H3,(H,11,12);3*5-7H,4H2,1-3H3;4-7,10H,3H2,1-2H3;3-5H,2,6H2,1H3;2*4-7H,3H2,1-2H3. The van der Waals surface area contributed by atoms with Gasteiger partial charge in [-0.25, -0.2) is 13.2 Å². The van der Waals surface area contributed by atoms with Crippen molar-refractivity contribution < 1.29 is 94.9 Å². The number of aliphatic hydroxyl groups excluding tert-OH is 3. The van der Waals surface area contributed by atoms with Crippen molar-refractivity contribution in [3.8, 4) is 74.7 Å². The van der Waals surface area contributed by atoms with Crippen LogP contribution < -0.4 is 87.2 Å². The van der Waals surface area contributed by atoms with E-state index in [2.05, 4.69) is 133 Å². The molecule has 0 aliphatic carbocycles. The van der Waals surface area contributed by atoms with Gasteiger partial charge in [0.2, 0.25) is 28.5 Å². The topological polar surface area (TPSA) is 300 Å². The van der Waals surface area contributed by atoms with Crippen molar-refractivity contribution in [2.45, 2.75) is 154 Å². The van der Waals surface area contributed by atoms with E-state index in [1.807, 2.05) is 187 Å². The van der Waals surface area contributed by atoms with Crippen LogP contribution in [0.2, 0.25) is 0 Å². The molecule has 11 aromatic carbocycles. The molecule has 744 valence electrons. The number of rotatable bonds is 33. The van der Waals surface area contributed by atoms with Crippen molar-refractivity contribution in [2.24, 2.45) is 0 Å². The zero-order valence-electron chi connectivity index (χ0n) is 84.8. The third-order valence-corrected chi connectivity index (χ3v) is 21.1.